The van der Waals surface area contributed by atoms with Gasteiger partial charge in [0, 0.05) is 19.7 Å². The van der Waals surface area contributed by atoms with Crippen LogP contribution in [0.15, 0.2) is 42.9 Å². The van der Waals surface area contributed by atoms with Crippen LogP contribution in [0.1, 0.15) is 11.3 Å². The minimum atomic E-state index is -0.554. The second-order valence-electron chi connectivity index (χ2n) is 4.49. The minimum Gasteiger partial charge on any atom is -0.368 e. The molecule has 2 aromatic rings. The molecule has 0 aliphatic rings. The van der Waals surface area contributed by atoms with Crippen LogP contribution in [0.5, 0.6) is 0 Å². The molecule has 0 aliphatic carbocycles. The van der Waals surface area contributed by atoms with Crippen molar-refractivity contribution in [2.45, 2.75) is 19.1 Å². The van der Waals surface area contributed by atoms with Gasteiger partial charge in [-0.25, -0.2) is 4.98 Å². The van der Waals surface area contributed by atoms with Crippen molar-refractivity contribution in [2.75, 3.05) is 7.05 Å². The number of aromatic nitrogens is 2. The molecule has 0 unspecified atom stereocenters. The maximum absolute atomic E-state index is 11.5. The van der Waals surface area contributed by atoms with Crippen molar-refractivity contribution < 1.29 is 9.63 Å². The van der Waals surface area contributed by atoms with E-state index >= 15 is 0 Å². The van der Waals surface area contributed by atoms with Gasteiger partial charge < -0.3 is 10.7 Å². The van der Waals surface area contributed by atoms with E-state index in [-0.39, 0.29) is 0 Å². The van der Waals surface area contributed by atoms with Crippen molar-refractivity contribution in [3.63, 3.8) is 0 Å². The molecule has 1 aromatic heterocycles. The fraction of sp³-hybridized carbons (Fsp3) is 0.286. The fourth-order valence-corrected chi connectivity index (χ4v) is 1.85. The van der Waals surface area contributed by atoms with E-state index in [9.17, 15) is 4.79 Å². The van der Waals surface area contributed by atoms with Crippen molar-refractivity contribution in [1.82, 2.24) is 15.0 Å². The van der Waals surface area contributed by atoms with Crippen LogP contribution < -0.4 is 5.73 Å². The summed E-state index contributed by atoms with van der Waals surface area (Å²) < 4.78 is 0. The number of imidazole rings is 1. The summed E-state index contributed by atoms with van der Waals surface area (Å²) in [5, 5.41) is 1.49. The van der Waals surface area contributed by atoms with Crippen LogP contribution >= 0.6 is 0 Å². The van der Waals surface area contributed by atoms with Gasteiger partial charge in [0.25, 0.3) is 0 Å². The van der Waals surface area contributed by atoms with E-state index in [4.69, 9.17) is 10.6 Å². The number of carbonyl (C=O) groups is 1. The van der Waals surface area contributed by atoms with E-state index in [0.717, 1.165) is 11.3 Å². The summed E-state index contributed by atoms with van der Waals surface area (Å²) in [6.45, 7) is 0.391. The molecule has 0 spiro atoms. The van der Waals surface area contributed by atoms with Crippen molar-refractivity contribution in [3.05, 3.63) is 54.1 Å². The van der Waals surface area contributed by atoms with Crippen molar-refractivity contribution in [2.24, 2.45) is 5.73 Å². The first-order valence-electron chi connectivity index (χ1n) is 6.33. The lowest BCUT2D eigenvalue weighted by molar-refractivity contribution is -0.182. The largest absolute Gasteiger partial charge is 0.368 e. The SMILES string of the molecule is CN(OCc1ccccc1)[C@@H](Cc1c[nH]cn1)C(N)=O. The number of H-pyrrole nitrogens is 1. The monoisotopic (exact) mass is 274 g/mol. The maximum atomic E-state index is 11.5. The molecule has 20 heavy (non-hydrogen) atoms. The Kier molecular flexibility index (Phi) is 4.86. The molecule has 0 radical (unpaired) electrons. The molecule has 0 saturated heterocycles. The standard InChI is InChI=1S/C14H18N4O2/c1-18(20-9-11-5-3-2-4-6-11)13(14(15)19)7-12-8-16-10-17-12/h2-6,8,10,13H,7,9H2,1H3,(H2,15,19)(H,16,17)/t13-/m0/s1. The van der Waals surface area contributed by atoms with Gasteiger partial charge in [-0.3, -0.25) is 9.63 Å². The summed E-state index contributed by atoms with van der Waals surface area (Å²) in [4.78, 5) is 24.1. The average molecular weight is 274 g/mol. The third kappa shape index (κ3) is 3.91. The summed E-state index contributed by atoms with van der Waals surface area (Å²) in [6, 6.07) is 9.18. The Morgan fingerprint density at radius 3 is 2.80 bits per heavy atom. The number of hydrogen-bond acceptors (Lipinski definition) is 4. The Bertz CT molecular complexity index is 527. The number of hydrogen-bond donors (Lipinski definition) is 2. The van der Waals surface area contributed by atoms with E-state index in [2.05, 4.69) is 9.97 Å². The van der Waals surface area contributed by atoms with Gasteiger partial charge >= 0.3 is 0 Å². The number of benzene rings is 1. The topological polar surface area (TPSA) is 84.2 Å². The summed E-state index contributed by atoms with van der Waals surface area (Å²) in [5.41, 5.74) is 7.22. The Hall–Kier alpha value is -2.18. The third-order valence-electron chi connectivity index (χ3n) is 3.00. The predicted molar refractivity (Wildman–Crippen MR) is 74.3 cm³/mol. The van der Waals surface area contributed by atoms with Crippen molar-refractivity contribution in [3.8, 4) is 0 Å². The molecule has 0 fully saturated rings. The van der Waals surface area contributed by atoms with Gasteiger partial charge in [-0.2, -0.15) is 5.06 Å². The highest BCUT2D eigenvalue weighted by molar-refractivity contribution is 5.79. The zero-order chi connectivity index (χ0) is 14.4. The van der Waals surface area contributed by atoms with E-state index in [1.165, 1.54) is 5.06 Å². The number of nitrogens with zero attached hydrogens (tertiary/aromatic N) is 2. The Labute approximate surface area is 117 Å². The van der Waals surface area contributed by atoms with Crippen LogP contribution in [-0.2, 0) is 22.7 Å². The van der Waals surface area contributed by atoms with Gasteiger partial charge in [0.1, 0.15) is 6.04 Å². The predicted octanol–water partition coefficient (Wildman–Crippen LogP) is 0.870. The lowest BCUT2D eigenvalue weighted by atomic mass is 10.1. The lowest BCUT2D eigenvalue weighted by Gasteiger charge is -2.24. The Morgan fingerprint density at radius 1 is 1.45 bits per heavy atom. The van der Waals surface area contributed by atoms with E-state index in [1.807, 2.05) is 30.3 Å². The molecule has 0 aliphatic heterocycles. The van der Waals surface area contributed by atoms with Crippen LogP contribution in [0.25, 0.3) is 0 Å². The van der Waals surface area contributed by atoms with E-state index in [0.29, 0.717) is 13.0 Å². The Balaban J connectivity index is 1.93. The highest BCUT2D eigenvalue weighted by Gasteiger charge is 2.22. The maximum Gasteiger partial charge on any atom is 0.237 e. The molecule has 1 heterocycles. The molecule has 6 nitrogen and oxygen atoms in total. The number of hydroxylamine groups is 2. The molecule has 0 bridgehead atoms. The fourth-order valence-electron chi connectivity index (χ4n) is 1.85. The highest BCUT2D eigenvalue weighted by atomic mass is 16.7. The summed E-state index contributed by atoms with van der Waals surface area (Å²) in [6.07, 6.45) is 3.71. The van der Waals surface area contributed by atoms with Crippen molar-refractivity contribution in [1.29, 1.82) is 0 Å². The zero-order valence-electron chi connectivity index (χ0n) is 11.3. The molecule has 2 rings (SSSR count). The van der Waals surface area contributed by atoms with E-state index in [1.54, 1.807) is 19.6 Å². The number of aromatic amines is 1. The van der Waals surface area contributed by atoms with Gasteiger partial charge in [-0.15, -0.1) is 0 Å². The van der Waals surface area contributed by atoms with Gasteiger partial charge in [-0.1, -0.05) is 30.3 Å². The minimum absolute atomic E-state index is 0.391. The number of amides is 1. The molecule has 1 amide bonds. The van der Waals surface area contributed by atoms with Crippen LogP contribution in [0.3, 0.4) is 0 Å². The number of carbonyl (C=O) groups excluding carboxylic acids is 1. The number of rotatable bonds is 7. The first-order valence-corrected chi connectivity index (χ1v) is 6.33. The van der Waals surface area contributed by atoms with Gasteiger partial charge in [0.05, 0.1) is 18.6 Å². The molecule has 6 heteroatoms. The highest BCUT2D eigenvalue weighted by Crippen LogP contribution is 2.08. The van der Waals surface area contributed by atoms with E-state index < -0.39 is 11.9 Å². The number of primary amides is 1. The molecule has 1 atom stereocenters. The van der Waals surface area contributed by atoms with Gasteiger partial charge in [0.2, 0.25) is 5.91 Å². The second kappa shape index (κ2) is 6.83. The first-order chi connectivity index (χ1) is 9.66. The average Bonchev–Trinajstić information content (AvgIpc) is 2.96. The molecule has 0 saturated carbocycles. The van der Waals surface area contributed by atoms with Crippen LogP contribution in [0.2, 0.25) is 0 Å². The Morgan fingerprint density at radius 2 is 2.20 bits per heavy atom. The third-order valence-corrected chi connectivity index (χ3v) is 3.00. The van der Waals surface area contributed by atoms with Crippen LogP contribution in [-0.4, -0.2) is 34.0 Å². The smallest absolute Gasteiger partial charge is 0.237 e. The number of likely N-dealkylation sites (N-methyl/N-ethyl adjacent to an activating group) is 1. The first kappa shape index (κ1) is 14.2. The molecule has 3 N–H and O–H groups in total. The van der Waals surface area contributed by atoms with Crippen LogP contribution in [0.4, 0.5) is 0 Å². The zero-order valence-corrected chi connectivity index (χ0v) is 11.3. The second-order valence-corrected chi connectivity index (χ2v) is 4.49. The normalized spacial score (nSPS) is 12.5. The molecule has 106 valence electrons. The molecular formula is C14H18N4O2. The van der Waals surface area contributed by atoms with Crippen molar-refractivity contribution >= 4 is 5.91 Å². The summed E-state index contributed by atoms with van der Waals surface area (Å²) in [7, 11) is 1.70. The molecular weight excluding hydrogens is 256 g/mol. The quantitative estimate of drug-likeness (QED) is 0.734. The summed E-state index contributed by atoms with van der Waals surface area (Å²) in [5.74, 6) is -0.441. The summed E-state index contributed by atoms with van der Waals surface area (Å²) >= 11 is 0. The molecule has 1 aromatic carbocycles. The number of nitrogens with one attached hydrogen (secondary N) is 1. The van der Waals surface area contributed by atoms with Gasteiger partial charge in [-0.05, 0) is 5.56 Å². The van der Waals surface area contributed by atoms with Crippen LogP contribution in [0, 0.1) is 0 Å². The lowest BCUT2D eigenvalue weighted by Crippen LogP contribution is -2.44. The van der Waals surface area contributed by atoms with Gasteiger partial charge in [0.15, 0.2) is 0 Å². The number of nitrogens with two attached hydrogens (primary N) is 1.